The lowest BCUT2D eigenvalue weighted by molar-refractivity contribution is -0.111. The zero-order valence-corrected chi connectivity index (χ0v) is 15.0. The van der Waals surface area contributed by atoms with Gasteiger partial charge < -0.3 is 19.5 Å². The number of rotatable bonds is 7. The molecule has 0 radical (unpaired) electrons. The monoisotopic (exact) mass is 341 g/mol. The van der Waals surface area contributed by atoms with Crippen molar-refractivity contribution in [1.29, 1.82) is 0 Å². The minimum atomic E-state index is -0.235. The predicted octanol–water partition coefficient (Wildman–Crippen LogP) is 4.06. The third kappa shape index (κ3) is 4.76. The number of para-hydroxylation sites is 1. The van der Waals surface area contributed by atoms with E-state index in [9.17, 15) is 4.79 Å². The molecule has 0 aliphatic rings. The van der Waals surface area contributed by atoms with Crippen molar-refractivity contribution < 1.29 is 19.0 Å². The molecular formula is C20H23NO4. The van der Waals surface area contributed by atoms with Crippen LogP contribution in [0.2, 0.25) is 0 Å². The third-order valence-electron chi connectivity index (χ3n) is 3.62. The van der Waals surface area contributed by atoms with Gasteiger partial charge in [0.2, 0.25) is 5.91 Å². The van der Waals surface area contributed by atoms with Crippen molar-refractivity contribution in [2.24, 2.45) is 0 Å². The van der Waals surface area contributed by atoms with Crippen LogP contribution in [0, 0.1) is 6.92 Å². The van der Waals surface area contributed by atoms with Crippen LogP contribution in [0.3, 0.4) is 0 Å². The molecule has 2 rings (SSSR count). The summed E-state index contributed by atoms with van der Waals surface area (Å²) in [5.74, 6) is 1.70. The molecule has 0 saturated heterocycles. The van der Waals surface area contributed by atoms with Crippen LogP contribution in [0.4, 0.5) is 5.69 Å². The Morgan fingerprint density at radius 1 is 1.08 bits per heavy atom. The largest absolute Gasteiger partial charge is 0.493 e. The summed E-state index contributed by atoms with van der Waals surface area (Å²) < 4.78 is 16.1. The van der Waals surface area contributed by atoms with Gasteiger partial charge in [0, 0.05) is 23.4 Å². The molecule has 0 bridgehead atoms. The third-order valence-corrected chi connectivity index (χ3v) is 3.62. The van der Waals surface area contributed by atoms with E-state index >= 15 is 0 Å². The molecule has 1 N–H and O–H groups in total. The van der Waals surface area contributed by atoms with Crippen LogP contribution < -0.4 is 19.5 Å². The van der Waals surface area contributed by atoms with Crippen molar-refractivity contribution in [3.8, 4) is 17.2 Å². The van der Waals surface area contributed by atoms with E-state index in [1.807, 2.05) is 44.2 Å². The zero-order chi connectivity index (χ0) is 18.2. The molecule has 0 aliphatic carbocycles. The Bertz CT molecular complexity index is 768. The van der Waals surface area contributed by atoms with Crippen LogP contribution in [0.5, 0.6) is 17.2 Å². The Hall–Kier alpha value is -2.95. The fourth-order valence-corrected chi connectivity index (χ4v) is 2.36. The second-order valence-electron chi connectivity index (χ2n) is 5.32. The first kappa shape index (κ1) is 18.4. The summed E-state index contributed by atoms with van der Waals surface area (Å²) in [5.41, 5.74) is 2.41. The standard InChI is InChI=1S/C20H23NO4/c1-5-25-17-9-7-6-8-15(17)10-11-20(22)21-16-13-19(24-4)18(23-3)12-14(16)2/h6-13H,5H2,1-4H3,(H,21,22)/b11-10+. The second-order valence-corrected chi connectivity index (χ2v) is 5.32. The molecule has 132 valence electrons. The molecule has 0 aromatic heterocycles. The Labute approximate surface area is 148 Å². The highest BCUT2D eigenvalue weighted by Crippen LogP contribution is 2.32. The van der Waals surface area contributed by atoms with Gasteiger partial charge in [-0.2, -0.15) is 0 Å². The fraction of sp³-hybridized carbons (Fsp3) is 0.250. The maximum atomic E-state index is 12.3. The van der Waals surface area contributed by atoms with Crippen LogP contribution in [-0.4, -0.2) is 26.7 Å². The van der Waals surface area contributed by atoms with E-state index in [0.717, 1.165) is 16.9 Å². The van der Waals surface area contributed by atoms with Crippen molar-refractivity contribution in [1.82, 2.24) is 0 Å². The number of aryl methyl sites for hydroxylation is 1. The van der Waals surface area contributed by atoms with Gasteiger partial charge in [0.25, 0.3) is 0 Å². The molecule has 0 spiro atoms. The number of hydrogen-bond donors (Lipinski definition) is 1. The van der Waals surface area contributed by atoms with E-state index in [1.54, 1.807) is 26.4 Å². The Balaban J connectivity index is 2.15. The van der Waals surface area contributed by atoms with Gasteiger partial charge in [-0.1, -0.05) is 18.2 Å². The highest BCUT2D eigenvalue weighted by molar-refractivity contribution is 6.02. The number of methoxy groups -OCH3 is 2. The van der Waals surface area contributed by atoms with Gasteiger partial charge >= 0.3 is 0 Å². The second kappa shape index (κ2) is 8.78. The number of carbonyl (C=O) groups excluding carboxylic acids is 1. The first-order chi connectivity index (χ1) is 12.1. The van der Waals surface area contributed by atoms with Gasteiger partial charge in [-0.3, -0.25) is 4.79 Å². The zero-order valence-electron chi connectivity index (χ0n) is 15.0. The molecule has 2 aromatic carbocycles. The van der Waals surface area contributed by atoms with E-state index in [-0.39, 0.29) is 5.91 Å². The maximum absolute atomic E-state index is 12.3. The first-order valence-corrected chi connectivity index (χ1v) is 8.02. The smallest absolute Gasteiger partial charge is 0.248 e. The van der Waals surface area contributed by atoms with Crippen molar-refractivity contribution >= 4 is 17.7 Å². The van der Waals surface area contributed by atoms with E-state index in [2.05, 4.69) is 5.32 Å². The van der Waals surface area contributed by atoms with Crippen molar-refractivity contribution in [2.75, 3.05) is 26.1 Å². The van der Waals surface area contributed by atoms with Crippen molar-refractivity contribution in [3.05, 3.63) is 53.6 Å². The average Bonchev–Trinajstić information content (AvgIpc) is 2.62. The molecule has 0 fully saturated rings. The maximum Gasteiger partial charge on any atom is 0.248 e. The van der Waals surface area contributed by atoms with Gasteiger partial charge in [-0.15, -0.1) is 0 Å². The number of benzene rings is 2. The summed E-state index contributed by atoms with van der Waals surface area (Å²) in [6, 6.07) is 11.1. The molecule has 0 aliphatic heterocycles. The van der Waals surface area contributed by atoms with Crippen LogP contribution in [-0.2, 0) is 4.79 Å². The first-order valence-electron chi connectivity index (χ1n) is 8.02. The fourth-order valence-electron chi connectivity index (χ4n) is 2.36. The quantitative estimate of drug-likeness (QED) is 0.772. The lowest BCUT2D eigenvalue weighted by atomic mass is 10.1. The summed E-state index contributed by atoms with van der Waals surface area (Å²) in [6.45, 7) is 4.39. The summed E-state index contributed by atoms with van der Waals surface area (Å²) in [5, 5.41) is 2.86. The molecule has 1 amide bonds. The van der Waals surface area contributed by atoms with Crippen LogP contribution in [0.15, 0.2) is 42.5 Å². The molecule has 5 nitrogen and oxygen atoms in total. The molecule has 0 atom stereocenters. The molecule has 0 heterocycles. The number of anilines is 1. The predicted molar refractivity (Wildman–Crippen MR) is 99.6 cm³/mol. The van der Waals surface area contributed by atoms with Gasteiger partial charge in [0.05, 0.1) is 20.8 Å². The summed E-state index contributed by atoms with van der Waals surface area (Å²) >= 11 is 0. The number of hydrogen-bond acceptors (Lipinski definition) is 4. The topological polar surface area (TPSA) is 56.8 Å². The minimum Gasteiger partial charge on any atom is -0.493 e. The van der Waals surface area contributed by atoms with Gasteiger partial charge in [0.1, 0.15) is 5.75 Å². The summed E-state index contributed by atoms with van der Waals surface area (Å²) in [6.07, 6.45) is 3.21. The van der Waals surface area contributed by atoms with Crippen molar-refractivity contribution in [2.45, 2.75) is 13.8 Å². The Morgan fingerprint density at radius 2 is 1.76 bits per heavy atom. The number of nitrogens with one attached hydrogen (secondary N) is 1. The number of carbonyl (C=O) groups is 1. The highest BCUT2D eigenvalue weighted by atomic mass is 16.5. The number of ether oxygens (including phenoxy) is 3. The molecule has 0 unspecified atom stereocenters. The Kier molecular flexibility index (Phi) is 6.46. The van der Waals surface area contributed by atoms with Crippen LogP contribution >= 0.6 is 0 Å². The van der Waals surface area contributed by atoms with E-state index in [1.165, 1.54) is 6.08 Å². The summed E-state index contributed by atoms with van der Waals surface area (Å²) in [4.78, 5) is 12.3. The van der Waals surface area contributed by atoms with Crippen LogP contribution in [0.1, 0.15) is 18.1 Å². The SMILES string of the molecule is CCOc1ccccc1/C=C/C(=O)Nc1cc(OC)c(OC)cc1C. The average molecular weight is 341 g/mol. The summed E-state index contributed by atoms with van der Waals surface area (Å²) in [7, 11) is 3.14. The van der Waals surface area contributed by atoms with E-state index in [0.29, 0.717) is 23.8 Å². The van der Waals surface area contributed by atoms with Crippen LogP contribution in [0.25, 0.3) is 6.08 Å². The Morgan fingerprint density at radius 3 is 2.44 bits per heavy atom. The minimum absolute atomic E-state index is 0.235. The van der Waals surface area contributed by atoms with Gasteiger partial charge in [-0.05, 0) is 37.6 Å². The molecule has 5 heteroatoms. The van der Waals surface area contributed by atoms with E-state index in [4.69, 9.17) is 14.2 Å². The van der Waals surface area contributed by atoms with Gasteiger partial charge in [0.15, 0.2) is 11.5 Å². The number of amides is 1. The molecular weight excluding hydrogens is 318 g/mol. The van der Waals surface area contributed by atoms with Crippen molar-refractivity contribution in [3.63, 3.8) is 0 Å². The molecule has 0 saturated carbocycles. The molecule has 25 heavy (non-hydrogen) atoms. The lowest BCUT2D eigenvalue weighted by Gasteiger charge is -2.13. The normalized spacial score (nSPS) is 10.6. The van der Waals surface area contributed by atoms with E-state index < -0.39 is 0 Å². The van der Waals surface area contributed by atoms with Gasteiger partial charge in [-0.25, -0.2) is 0 Å². The molecule has 2 aromatic rings. The lowest BCUT2D eigenvalue weighted by Crippen LogP contribution is -2.09. The highest BCUT2D eigenvalue weighted by Gasteiger charge is 2.10.